The molecule has 2 rings (SSSR count). The van der Waals surface area contributed by atoms with Crippen LogP contribution in [-0.4, -0.2) is 23.1 Å². The lowest BCUT2D eigenvalue weighted by Gasteiger charge is -2.02. The van der Waals surface area contributed by atoms with E-state index in [9.17, 15) is 4.79 Å². The van der Waals surface area contributed by atoms with Crippen LogP contribution in [0.1, 0.15) is 12.2 Å². The molecule has 0 atom stereocenters. The molecule has 0 spiro atoms. The monoisotopic (exact) mass is 238 g/mol. The van der Waals surface area contributed by atoms with Gasteiger partial charge in [0.2, 0.25) is 0 Å². The van der Waals surface area contributed by atoms with Gasteiger partial charge < -0.3 is 16.0 Å². The van der Waals surface area contributed by atoms with E-state index in [4.69, 9.17) is 5.73 Å². The lowest BCUT2D eigenvalue weighted by molar-refractivity contribution is 0.635. The Labute approximate surface area is 96.7 Å². The molecule has 0 radical (unpaired) electrons. The van der Waals surface area contributed by atoms with E-state index >= 15 is 0 Å². The second-order valence-electron chi connectivity index (χ2n) is 3.47. The normalized spacial score (nSPS) is 11.1. The van der Waals surface area contributed by atoms with Gasteiger partial charge >= 0.3 is 0 Å². The van der Waals surface area contributed by atoms with Gasteiger partial charge in [-0.15, -0.1) is 11.3 Å². The van der Waals surface area contributed by atoms with Crippen molar-refractivity contribution in [2.75, 3.05) is 13.1 Å². The first-order chi connectivity index (χ1) is 7.81. The van der Waals surface area contributed by atoms with Gasteiger partial charge in [0.1, 0.15) is 10.5 Å². The number of nitrogens with two attached hydrogens (primary N) is 1. The first kappa shape index (κ1) is 11.3. The van der Waals surface area contributed by atoms with Gasteiger partial charge in [0, 0.05) is 0 Å². The van der Waals surface area contributed by atoms with E-state index in [2.05, 4.69) is 15.3 Å². The quantitative estimate of drug-likeness (QED) is 0.659. The van der Waals surface area contributed by atoms with Crippen molar-refractivity contribution in [1.82, 2.24) is 15.3 Å². The predicted octanol–water partition coefficient (Wildman–Crippen LogP) is 0.423. The molecule has 86 valence electrons. The van der Waals surface area contributed by atoms with Crippen LogP contribution in [0.5, 0.6) is 0 Å². The third-order valence-electron chi connectivity index (χ3n) is 2.21. The summed E-state index contributed by atoms with van der Waals surface area (Å²) in [5, 5.41) is 5.05. The molecular formula is C10H14N4OS. The molecule has 5 nitrogen and oxygen atoms in total. The predicted molar refractivity (Wildman–Crippen MR) is 65.6 cm³/mol. The molecule has 0 aromatic carbocycles. The van der Waals surface area contributed by atoms with E-state index in [0.29, 0.717) is 23.6 Å². The molecule has 0 aliphatic heterocycles. The van der Waals surface area contributed by atoms with E-state index < -0.39 is 0 Å². The van der Waals surface area contributed by atoms with E-state index in [0.717, 1.165) is 18.5 Å². The first-order valence-corrected chi connectivity index (χ1v) is 6.06. The van der Waals surface area contributed by atoms with Crippen LogP contribution >= 0.6 is 11.3 Å². The zero-order valence-corrected chi connectivity index (χ0v) is 9.64. The summed E-state index contributed by atoms with van der Waals surface area (Å²) in [6, 6.07) is 1.86. The van der Waals surface area contributed by atoms with Crippen molar-refractivity contribution < 1.29 is 0 Å². The third kappa shape index (κ3) is 2.46. The van der Waals surface area contributed by atoms with Gasteiger partial charge in [-0.05, 0) is 31.0 Å². The molecule has 0 saturated heterocycles. The second kappa shape index (κ2) is 5.20. The molecule has 2 aromatic heterocycles. The number of fused-ring (bicyclic) bond motifs is 1. The van der Waals surface area contributed by atoms with Gasteiger partial charge in [-0.1, -0.05) is 0 Å². The highest BCUT2D eigenvalue weighted by Gasteiger charge is 2.03. The minimum Gasteiger partial charge on any atom is -0.330 e. The number of aromatic nitrogens is 2. The Morgan fingerprint density at radius 3 is 3.25 bits per heavy atom. The third-order valence-corrected chi connectivity index (χ3v) is 3.12. The van der Waals surface area contributed by atoms with Gasteiger partial charge in [-0.2, -0.15) is 0 Å². The van der Waals surface area contributed by atoms with Crippen LogP contribution in [0, 0.1) is 0 Å². The van der Waals surface area contributed by atoms with Crippen molar-refractivity contribution in [1.29, 1.82) is 0 Å². The van der Waals surface area contributed by atoms with E-state index in [-0.39, 0.29) is 5.56 Å². The van der Waals surface area contributed by atoms with Crippen LogP contribution in [0.25, 0.3) is 10.2 Å². The van der Waals surface area contributed by atoms with E-state index in [1.807, 2.05) is 11.4 Å². The maximum absolute atomic E-state index is 11.6. The van der Waals surface area contributed by atoms with Crippen molar-refractivity contribution in [3.63, 3.8) is 0 Å². The number of rotatable bonds is 5. The van der Waals surface area contributed by atoms with Crippen molar-refractivity contribution in [2.45, 2.75) is 13.0 Å². The standard InChI is InChI=1S/C10H14N4OS/c11-3-1-4-12-6-8-13-7-2-5-16-9(7)10(15)14-8/h2,5,12H,1,3-4,6,11H2,(H,13,14,15). The fourth-order valence-electron chi connectivity index (χ4n) is 1.44. The summed E-state index contributed by atoms with van der Waals surface area (Å²) in [6.45, 7) is 2.07. The fraction of sp³-hybridized carbons (Fsp3) is 0.400. The summed E-state index contributed by atoms with van der Waals surface area (Å²) < 4.78 is 0.686. The van der Waals surface area contributed by atoms with Crippen LogP contribution in [0.2, 0.25) is 0 Å². The molecule has 0 bridgehead atoms. The van der Waals surface area contributed by atoms with Crippen molar-refractivity contribution >= 4 is 21.6 Å². The van der Waals surface area contributed by atoms with Crippen LogP contribution < -0.4 is 16.6 Å². The zero-order chi connectivity index (χ0) is 11.4. The molecule has 0 aliphatic carbocycles. The molecule has 2 heterocycles. The Morgan fingerprint density at radius 1 is 1.56 bits per heavy atom. The van der Waals surface area contributed by atoms with Crippen molar-refractivity contribution in [3.05, 3.63) is 27.6 Å². The maximum atomic E-state index is 11.6. The van der Waals surface area contributed by atoms with Crippen LogP contribution in [0.15, 0.2) is 16.2 Å². The Kier molecular flexibility index (Phi) is 3.66. The molecule has 2 aromatic rings. The molecule has 0 aliphatic rings. The summed E-state index contributed by atoms with van der Waals surface area (Å²) in [6.07, 6.45) is 0.922. The minimum atomic E-state index is -0.0596. The lowest BCUT2D eigenvalue weighted by Crippen LogP contribution is -2.21. The summed E-state index contributed by atoms with van der Waals surface area (Å²) >= 11 is 1.41. The number of nitrogens with one attached hydrogen (secondary N) is 2. The maximum Gasteiger partial charge on any atom is 0.268 e. The minimum absolute atomic E-state index is 0.0596. The molecule has 6 heteroatoms. The van der Waals surface area contributed by atoms with Crippen LogP contribution in [0.4, 0.5) is 0 Å². The van der Waals surface area contributed by atoms with E-state index in [1.54, 1.807) is 0 Å². The first-order valence-electron chi connectivity index (χ1n) is 5.18. The summed E-state index contributed by atoms with van der Waals surface area (Å²) in [5.74, 6) is 0.674. The average Bonchev–Trinajstić information content (AvgIpc) is 2.73. The Morgan fingerprint density at radius 2 is 2.44 bits per heavy atom. The SMILES string of the molecule is NCCCNCc1nc2ccsc2c(=O)[nH]1. The molecule has 0 unspecified atom stereocenters. The average molecular weight is 238 g/mol. The summed E-state index contributed by atoms with van der Waals surface area (Å²) in [4.78, 5) is 18.7. The lowest BCUT2D eigenvalue weighted by atomic mass is 10.4. The van der Waals surface area contributed by atoms with E-state index in [1.165, 1.54) is 11.3 Å². The number of aromatic amines is 1. The van der Waals surface area contributed by atoms with Gasteiger partial charge in [-0.3, -0.25) is 4.79 Å². The zero-order valence-electron chi connectivity index (χ0n) is 8.82. The number of thiophene rings is 1. The molecule has 0 amide bonds. The Balaban J connectivity index is 2.10. The van der Waals surface area contributed by atoms with Gasteiger partial charge in [-0.25, -0.2) is 4.98 Å². The largest absolute Gasteiger partial charge is 0.330 e. The molecule has 4 N–H and O–H groups in total. The topological polar surface area (TPSA) is 83.8 Å². The molecule has 16 heavy (non-hydrogen) atoms. The molecular weight excluding hydrogens is 224 g/mol. The highest BCUT2D eigenvalue weighted by molar-refractivity contribution is 7.17. The number of nitrogens with zero attached hydrogens (tertiary/aromatic N) is 1. The Bertz CT molecular complexity index is 519. The fourth-order valence-corrected chi connectivity index (χ4v) is 2.16. The van der Waals surface area contributed by atoms with Gasteiger partial charge in [0.05, 0.1) is 12.1 Å². The Hall–Kier alpha value is -1.24. The van der Waals surface area contributed by atoms with Gasteiger partial charge in [0.15, 0.2) is 0 Å². The highest BCUT2D eigenvalue weighted by atomic mass is 32.1. The number of hydrogen-bond acceptors (Lipinski definition) is 5. The smallest absolute Gasteiger partial charge is 0.268 e. The summed E-state index contributed by atoms with van der Waals surface area (Å²) in [5.41, 5.74) is 6.09. The highest BCUT2D eigenvalue weighted by Crippen LogP contribution is 2.13. The molecule has 0 saturated carbocycles. The number of hydrogen-bond donors (Lipinski definition) is 3. The molecule has 0 fully saturated rings. The van der Waals surface area contributed by atoms with Crippen molar-refractivity contribution in [2.24, 2.45) is 5.73 Å². The second-order valence-corrected chi connectivity index (χ2v) is 4.38. The van der Waals surface area contributed by atoms with Crippen LogP contribution in [0.3, 0.4) is 0 Å². The van der Waals surface area contributed by atoms with Crippen molar-refractivity contribution in [3.8, 4) is 0 Å². The van der Waals surface area contributed by atoms with Crippen LogP contribution in [-0.2, 0) is 6.54 Å². The van der Waals surface area contributed by atoms with Gasteiger partial charge in [0.25, 0.3) is 5.56 Å². The summed E-state index contributed by atoms with van der Waals surface area (Å²) in [7, 11) is 0. The number of H-pyrrole nitrogens is 1.